The van der Waals surface area contributed by atoms with Crippen LogP contribution in [0.2, 0.25) is 0 Å². The van der Waals surface area contributed by atoms with Gasteiger partial charge in [0.1, 0.15) is 0 Å². The second kappa shape index (κ2) is 6.36. The van der Waals surface area contributed by atoms with Gasteiger partial charge in [-0.2, -0.15) is 0 Å². The van der Waals surface area contributed by atoms with E-state index >= 15 is 0 Å². The van der Waals surface area contributed by atoms with Crippen molar-refractivity contribution in [1.29, 1.82) is 0 Å². The van der Waals surface area contributed by atoms with Crippen molar-refractivity contribution in [2.75, 3.05) is 33.2 Å². The van der Waals surface area contributed by atoms with Gasteiger partial charge < -0.3 is 10.6 Å². The molecule has 1 heterocycles. The predicted octanol–water partition coefficient (Wildman–Crippen LogP) is 1.78. The normalized spacial score (nSPS) is 36.2. The fourth-order valence-electron chi connectivity index (χ4n) is 3.82. The molecule has 1 saturated carbocycles. The summed E-state index contributed by atoms with van der Waals surface area (Å²) in [5.74, 6) is 1.83. The van der Waals surface area contributed by atoms with Gasteiger partial charge in [0.25, 0.3) is 0 Å². The summed E-state index contributed by atoms with van der Waals surface area (Å²) in [6, 6.07) is 1.39. The summed E-state index contributed by atoms with van der Waals surface area (Å²) >= 11 is 0. The van der Waals surface area contributed by atoms with Crippen molar-refractivity contribution < 1.29 is 0 Å². The van der Waals surface area contributed by atoms with E-state index in [0.29, 0.717) is 6.04 Å². The molecule has 3 nitrogen and oxygen atoms in total. The quantitative estimate of drug-likeness (QED) is 0.832. The minimum atomic E-state index is 0.587. The molecule has 2 fully saturated rings. The summed E-state index contributed by atoms with van der Waals surface area (Å²) in [6.07, 6.45) is 5.63. The Bertz CT molecular complexity index is 246. The molecule has 1 aliphatic carbocycles. The Labute approximate surface area is 113 Å². The van der Waals surface area contributed by atoms with E-state index in [9.17, 15) is 0 Å². The summed E-state index contributed by atoms with van der Waals surface area (Å²) in [5, 5.41) is 0. The first-order valence-electron chi connectivity index (χ1n) is 7.76. The second-order valence-electron chi connectivity index (χ2n) is 6.70. The Kier molecular flexibility index (Phi) is 5.05. The fraction of sp³-hybridized carbons (Fsp3) is 1.00. The van der Waals surface area contributed by atoms with Gasteiger partial charge in [0.2, 0.25) is 0 Å². The third kappa shape index (κ3) is 3.25. The van der Waals surface area contributed by atoms with Crippen LogP contribution in [0.25, 0.3) is 0 Å². The highest BCUT2D eigenvalue weighted by molar-refractivity contribution is 4.89. The maximum Gasteiger partial charge on any atom is 0.0349 e. The molecule has 1 aliphatic heterocycles. The average molecular weight is 253 g/mol. The van der Waals surface area contributed by atoms with E-state index in [1.54, 1.807) is 0 Å². The molecule has 1 unspecified atom stereocenters. The predicted molar refractivity (Wildman–Crippen MR) is 77.6 cm³/mol. The van der Waals surface area contributed by atoms with Crippen LogP contribution in [0.5, 0.6) is 0 Å². The number of hydrogen-bond donors (Lipinski definition) is 1. The molecule has 0 radical (unpaired) electrons. The minimum Gasteiger partial charge on any atom is -0.329 e. The molecule has 0 aromatic carbocycles. The summed E-state index contributed by atoms with van der Waals surface area (Å²) in [6.45, 7) is 9.15. The van der Waals surface area contributed by atoms with Gasteiger partial charge in [-0.25, -0.2) is 0 Å². The first-order valence-corrected chi connectivity index (χ1v) is 7.76. The van der Waals surface area contributed by atoms with Crippen molar-refractivity contribution in [3.8, 4) is 0 Å². The van der Waals surface area contributed by atoms with Crippen LogP contribution in [-0.2, 0) is 0 Å². The molecular formula is C15H31N3. The van der Waals surface area contributed by atoms with E-state index in [-0.39, 0.29) is 0 Å². The van der Waals surface area contributed by atoms with Gasteiger partial charge in [0, 0.05) is 38.3 Å². The topological polar surface area (TPSA) is 32.5 Å². The summed E-state index contributed by atoms with van der Waals surface area (Å²) < 4.78 is 0. The number of nitrogens with zero attached hydrogens (tertiary/aromatic N) is 2. The molecule has 0 amide bonds. The lowest BCUT2D eigenvalue weighted by Crippen LogP contribution is -2.58. The molecule has 0 aromatic rings. The smallest absolute Gasteiger partial charge is 0.0349 e. The minimum absolute atomic E-state index is 0.587. The number of piperazine rings is 1. The van der Waals surface area contributed by atoms with Crippen LogP contribution in [0, 0.1) is 11.8 Å². The SMILES string of the molecule is CC(C)C1CCC(N2CCN(C)CC2CN)CC1. The number of rotatable bonds is 3. The molecule has 2 aliphatic rings. The van der Waals surface area contributed by atoms with Crippen molar-refractivity contribution in [2.45, 2.75) is 51.6 Å². The molecule has 1 atom stereocenters. The van der Waals surface area contributed by atoms with Gasteiger partial charge in [0.15, 0.2) is 0 Å². The van der Waals surface area contributed by atoms with Gasteiger partial charge in [-0.1, -0.05) is 13.8 Å². The number of nitrogens with two attached hydrogens (primary N) is 1. The van der Waals surface area contributed by atoms with E-state index in [2.05, 4.69) is 30.7 Å². The third-order valence-corrected chi connectivity index (χ3v) is 5.16. The zero-order valence-electron chi connectivity index (χ0n) is 12.4. The number of hydrogen-bond acceptors (Lipinski definition) is 3. The first kappa shape index (κ1) is 14.3. The summed E-state index contributed by atoms with van der Waals surface area (Å²) in [7, 11) is 2.22. The van der Waals surface area contributed by atoms with Crippen molar-refractivity contribution in [2.24, 2.45) is 17.6 Å². The molecule has 106 valence electrons. The molecule has 0 bridgehead atoms. The molecular weight excluding hydrogens is 222 g/mol. The van der Waals surface area contributed by atoms with Crippen molar-refractivity contribution in [3.63, 3.8) is 0 Å². The van der Waals surface area contributed by atoms with Gasteiger partial charge in [-0.15, -0.1) is 0 Å². The summed E-state index contributed by atoms with van der Waals surface area (Å²) in [5.41, 5.74) is 5.97. The molecule has 0 aromatic heterocycles. The largest absolute Gasteiger partial charge is 0.329 e. The Morgan fingerprint density at radius 1 is 1.11 bits per heavy atom. The first-order chi connectivity index (χ1) is 8.61. The van der Waals surface area contributed by atoms with Crippen molar-refractivity contribution >= 4 is 0 Å². The Morgan fingerprint density at radius 2 is 1.78 bits per heavy atom. The highest BCUT2D eigenvalue weighted by Gasteiger charge is 2.33. The highest BCUT2D eigenvalue weighted by Crippen LogP contribution is 2.33. The Hall–Kier alpha value is -0.120. The molecule has 2 rings (SSSR count). The monoisotopic (exact) mass is 253 g/mol. The Balaban J connectivity index is 1.88. The highest BCUT2D eigenvalue weighted by atomic mass is 15.3. The second-order valence-corrected chi connectivity index (χ2v) is 6.70. The molecule has 2 N–H and O–H groups in total. The van der Waals surface area contributed by atoms with E-state index in [0.717, 1.165) is 31.0 Å². The van der Waals surface area contributed by atoms with E-state index in [1.165, 1.54) is 38.8 Å². The van der Waals surface area contributed by atoms with Gasteiger partial charge in [-0.05, 0) is 44.6 Å². The third-order valence-electron chi connectivity index (χ3n) is 5.16. The fourth-order valence-corrected chi connectivity index (χ4v) is 3.82. The van der Waals surface area contributed by atoms with Crippen molar-refractivity contribution in [3.05, 3.63) is 0 Å². The zero-order chi connectivity index (χ0) is 13.1. The van der Waals surface area contributed by atoms with E-state index < -0.39 is 0 Å². The zero-order valence-corrected chi connectivity index (χ0v) is 12.4. The molecule has 3 heteroatoms. The van der Waals surface area contributed by atoms with Crippen LogP contribution in [0.4, 0.5) is 0 Å². The van der Waals surface area contributed by atoms with Crippen LogP contribution in [0.1, 0.15) is 39.5 Å². The van der Waals surface area contributed by atoms with E-state index in [1.807, 2.05) is 0 Å². The van der Waals surface area contributed by atoms with E-state index in [4.69, 9.17) is 5.73 Å². The van der Waals surface area contributed by atoms with Crippen LogP contribution in [0.15, 0.2) is 0 Å². The van der Waals surface area contributed by atoms with Crippen LogP contribution < -0.4 is 5.73 Å². The lowest BCUT2D eigenvalue weighted by molar-refractivity contribution is 0.0308. The molecule has 1 saturated heterocycles. The van der Waals surface area contributed by atoms with Gasteiger partial charge >= 0.3 is 0 Å². The van der Waals surface area contributed by atoms with Crippen LogP contribution in [0.3, 0.4) is 0 Å². The Morgan fingerprint density at radius 3 is 2.33 bits per heavy atom. The number of likely N-dealkylation sites (N-methyl/N-ethyl adjacent to an activating group) is 1. The van der Waals surface area contributed by atoms with Crippen LogP contribution >= 0.6 is 0 Å². The lowest BCUT2D eigenvalue weighted by Gasteiger charge is -2.46. The molecule has 0 spiro atoms. The lowest BCUT2D eigenvalue weighted by atomic mass is 9.79. The van der Waals surface area contributed by atoms with Gasteiger partial charge in [0.05, 0.1) is 0 Å². The standard InChI is InChI=1S/C15H31N3/c1-12(2)13-4-6-14(7-5-13)18-9-8-17(3)11-15(18)10-16/h12-15H,4-11,16H2,1-3H3. The van der Waals surface area contributed by atoms with Gasteiger partial charge in [-0.3, -0.25) is 4.90 Å². The maximum absolute atomic E-state index is 5.97. The average Bonchev–Trinajstić information content (AvgIpc) is 2.38. The van der Waals surface area contributed by atoms with Crippen LogP contribution in [-0.4, -0.2) is 55.1 Å². The van der Waals surface area contributed by atoms with Crippen molar-refractivity contribution in [1.82, 2.24) is 9.80 Å². The maximum atomic E-state index is 5.97. The molecule has 18 heavy (non-hydrogen) atoms. The summed E-state index contributed by atoms with van der Waals surface area (Å²) in [4.78, 5) is 5.14.